The maximum absolute atomic E-state index is 12.0. The van der Waals surface area contributed by atoms with Crippen LogP contribution in [0.5, 0.6) is 0 Å². The molecule has 8 heteroatoms. The third-order valence-electron chi connectivity index (χ3n) is 4.13. The summed E-state index contributed by atoms with van der Waals surface area (Å²) >= 11 is 3.11. The molecule has 1 aliphatic rings. The monoisotopic (exact) mass is 378 g/mol. The standard InChI is InChI=1S/C17H22N4O2S2/c1-2-3-8-18-17(23)21-13(22)9-24-15-14-11-6-4-5-7-12(11)25-16(14)20-10-19-15/h10H,2-9H2,1H3,(H2,18,21,22,23). The number of hydrogen-bond acceptors (Lipinski definition) is 6. The predicted octanol–water partition coefficient (Wildman–Crippen LogP) is 3.29. The summed E-state index contributed by atoms with van der Waals surface area (Å²) in [5.41, 5.74) is 1.35. The summed E-state index contributed by atoms with van der Waals surface area (Å²) < 4.78 is 0. The van der Waals surface area contributed by atoms with Crippen LogP contribution in [0.4, 0.5) is 4.79 Å². The summed E-state index contributed by atoms with van der Waals surface area (Å²) in [6.07, 6.45) is 8.04. The molecular formula is C17H22N4O2S2. The molecule has 0 radical (unpaired) electrons. The lowest BCUT2D eigenvalue weighted by Gasteiger charge is -2.11. The lowest BCUT2D eigenvalue weighted by Crippen LogP contribution is -2.40. The number of aromatic nitrogens is 2. The van der Waals surface area contributed by atoms with E-state index in [2.05, 4.69) is 20.6 Å². The average molecular weight is 379 g/mol. The van der Waals surface area contributed by atoms with E-state index in [4.69, 9.17) is 0 Å². The van der Waals surface area contributed by atoms with Crippen LogP contribution in [0.15, 0.2) is 11.4 Å². The molecule has 134 valence electrons. The number of urea groups is 1. The second kappa shape index (κ2) is 8.62. The maximum atomic E-state index is 12.0. The SMILES string of the molecule is CCCCNC(=O)NC(=O)CSc1ncnc2sc3c(c12)CCCC3. The molecule has 0 spiro atoms. The van der Waals surface area contributed by atoms with Crippen LogP contribution in [0, 0.1) is 0 Å². The van der Waals surface area contributed by atoms with Gasteiger partial charge in [-0.15, -0.1) is 11.3 Å². The molecule has 25 heavy (non-hydrogen) atoms. The zero-order valence-corrected chi connectivity index (χ0v) is 15.9. The number of nitrogens with one attached hydrogen (secondary N) is 2. The van der Waals surface area contributed by atoms with Crippen molar-refractivity contribution in [2.75, 3.05) is 12.3 Å². The van der Waals surface area contributed by atoms with Crippen molar-refractivity contribution in [2.24, 2.45) is 0 Å². The highest BCUT2D eigenvalue weighted by molar-refractivity contribution is 8.00. The molecule has 2 heterocycles. The van der Waals surface area contributed by atoms with Gasteiger partial charge in [0.25, 0.3) is 0 Å². The van der Waals surface area contributed by atoms with Gasteiger partial charge in [-0.1, -0.05) is 25.1 Å². The highest BCUT2D eigenvalue weighted by Crippen LogP contribution is 2.39. The topological polar surface area (TPSA) is 84.0 Å². The van der Waals surface area contributed by atoms with Crippen molar-refractivity contribution in [1.29, 1.82) is 0 Å². The van der Waals surface area contributed by atoms with E-state index in [1.807, 2.05) is 6.92 Å². The molecule has 0 bridgehead atoms. The normalized spacial score (nSPS) is 13.5. The molecule has 0 aliphatic heterocycles. The minimum atomic E-state index is -0.431. The Kier molecular flexibility index (Phi) is 6.25. The molecule has 6 nitrogen and oxygen atoms in total. The largest absolute Gasteiger partial charge is 0.338 e. The van der Waals surface area contributed by atoms with E-state index < -0.39 is 6.03 Å². The molecule has 0 atom stereocenters. The number of rotatable bonds is 6. The first kappa shape index (κ1) is 18.1. The van der Waals surface area contributed by atoms with Crippen molar-refractivity contribution in [3.05, 3.63) is 16.8 Å². The van der Waals surface area contributed by atoms with Gasteiger partial charge >= 0.3 is 6.03 Å². The van der Waals surface area contributed by atoms with E-state index in [1.165, 1.54) is 35.0 Å². The first-order chi connectivity index (χ1) is 12.2. The molecule has 2 aromatic heterocycles. The van der Waals surface area contributed by atoms with Gasteiger partial charge in [-0.2, -0.15) is 0 Å². The summed E-state index contributed by atoms with van der Waals surface area (Å²) in [5.74, 6) is -0.146. The number of carbonyl (C=O) groups excluding carboxylic acids is 2. The third-order valence-corrected chi connectivity index (χ3v) is 6.31. The summed E-state index contributed by atoms with van der Waals surface area (Å²) in [6, 6.07) is -0.431. The smallest absolute Gasteiger partial charge is 0.321 e. The number of carbonyl (C=O) groups is 2. The van der Waals surface area contributed by atoms with Gasteiger partial charge in [0.15, 0.2) is 0 Å². The zero-order valence-electron chi connectivity index (χ0n) is 14.3. The Morgan fingerprint density at radius 2 is 2.12 bits per heavy atom. The van der Waals surface area contributed by atoms with Crippen LogP contribution < -0.4 is 10.6 Å². The number of thiophene rings is 1. The van der Waals surface area contributed by atoms with Crippen LogP contribution in [0.2, 0.25) is 0 Å². The fourth-order valence-corrected chi connectivity index (χ4v) is 5.01. The highest BCUT2D eigenvalue weighted by atomic mass is 32.2. The van der Waals surface area contributed by atoms with Gasteiger partial charge in [-0.25, -0.2) is 14.8 Å². The summed E-state index contributed by atoms with van der Waals surface area (Å²) in [5, 5.41) is 6.98. The van der Waals surface area contributed by atoms with Gasteiger partial charge in [0.2, 0.25) is 5.91 Å². The number of aryl methyl sites for hydroxylation is 2. The third kappa shape index (κ3) is 4.49. The van der Waals surface area contributed by atoms with Gasteiger partial charge in [0.05, 0.1) is 5.75 Å². The van der Waals surface area contributed by atoms with Crippen LogP contribution in [0.25, 0.3) is 10.2 Å². The summed E-state index contributed by atoms with van der Waals surface area (Å²) in [7, 11) is 0. The van der Waals surface area contributed by atoms with Crippen molar-refractivity contribution in [1.82, 2.24) is 20.6 Å². The first-order valence-corrected chi connectivity index (χ1v) is 10.4. The van der Waals surface area contributed by atoms with Crippen LogP contribution in [-0.4, -0.2) is 34.2 Å². The van der Waals surface area contributed by atoms with Crippen molar-refractivity contribution in [3.63, 3.8) is 0 Å². The number of hydrogen-bond donors (Lipinski definition) is 2. The number of unbranched alkanes of at least 4 members (excludes halogenated alkanes) is 1. The molecule has 3 amide bonds. The van der Waals surface area contributed by atoms with Crippen molar-refractivity contribution in [2.45, 2.75) is 50.5 Å². The molecule has 0 unspecified atom stereocenters. The number of nitrogens with zero attached hydrogens (tertiary/aromatic N) is 2. The Hall–Kier alpha value is -1.67. The van der Waals surface area contributed by atoms with Gasteiger partial charge in [-0.05, 0) is 37.7 Å². The average Bonchev–Trinajstić information content (AvgIpc) is 2.99. The quantitative estimate of drug-likeness (QED) is 0.458. The van der Waals surface area contributed by atoms with Crippen molar-refractivity contribution < 1.29 is 9.59 Å². The minimum Gasteiger partial charge on any atom is -0.338 e. The summed E-state index contributed by atoms with van der Waals surface area (Å²) in [4.78, 5) is 34.8. The molecule has 1 aliphatic carbocycles. The van der Waals surface area contributed by atoms with E-state index in [0.29, 0.717) is 6.54 Å². The minimum absolute atomic E-state index is 0.165. The number of thioether (sulfide) groups is 1. The predicted molar refractivity (Wildman–Crippen MR) is 101 cm³/mol. The van der Waals surface area contributed by atoms with Crippen LogP contribution in [0.3, 0.4) is 0 Å². The molecule has 2 aromatic rings. The second-order valence-corrected chi connectivity index (χ2v) is 8.06. The molecule has 3 rings (SSSR count). The Morgan fingerprint density at radius 1 is 1.28 bits per heavy atom. The molecule has 0 saturated heterocycles. The van der Waals surface area contributed by atoms with Crippen molar-refractivity contribution in [3.8, 4) is 0 Å². The van der Waals surface area contributed by atoms with Crippen LogP contribution in [0.1, 0.15) is 43.0 Å². The molecule has 2 N–H and O–H groups in total. The Bertz CT molecular complexity index is 775. The molecule has 0 fully saturated rings. The van der Waals surface area contributed by atoms with Gasteiger partial charge < -0.3 is 5.32 Å². The number of fused-ring (bicyclic) bond motifs is 3. The van der Waals surface area contributed by atoms with Crippen LogP contribution in [-0.2, 0) is 17.6 Å². The fourth-order valence-electron chi connectivity index (χ4n) is 2.89. The van der Waals surface area contributed by atoms with E-state index in [9.17, 15) is 9.59 Å². The molecule has 0 aromatic carbocycles. The van der Waals surface area contributed by atoms with E-state index >= 15 is 0 Å². The summed E-state index contributed by atoms with van der Waals surface area (Å²) in [6.45, 7) is 2.63. The maximum Gasteiger partial charge on any atom is 0.321 e. The lowest BCUT2D eigenvalue weighted by atomic mass is 9.97. The van der Waals surface area contributed by atoms with Crippen LogP contribution >= 0.6 is 23.1 Å². The molecule has 0 saturated carbocycles. The highest BCUT2D eigenvalue weighted by Gasteiger charge is 2.20. The van der Waals surface area contributed by atoms with E-state index in [-0.39, 0.29) is 11.7 Å². The Morgan fingerprint density at radius 3 is 2.96 bits per heavy atom. The lowest BCUT2D eigenvalue weighted by molar-refractivity contribution is -0.117. The van der Waals surface area contributed by atoms with E-state index in [0.717, 1.165) is 40.9 Å². The van der Waals surface area contributed by atoms with Gasteiger partial charge in [0.1, 0.15) is 16.2 Å². The Labute approximate surface area is 155 Å². The first-order valence-electron chi connectivity index (χ1n) is 8.64. The van der Waals surface area contributed by atoms with Gasteiger partial charge in [0, 0.05) is 16.8 Å². The van der Waals surface area contributed by atoms with Gasteiger partial charge in [-0.3, -0.25) is 10.1 Å². The Balaban J connectivity index is 1.62. The number of imide groups is 1. The second-order valence-electron chi connectivity index (χ2n) is 6.02. The fraction of sp³-hybridized carbons (Fsp3) is 0.529. The zero-order chi connectivity index (χ0) is 17.6. The van der Waals surface area contributed by atoms with Crippen molar-refractivity contribution >= 4 is 45.3 Å². The molecular weight excluding hydrogens is 356 g/mol. The number of amides is 3. The van der Waals surface area contributed by atoms with E-state index in [1.54, 1.807) is 17.7 Å².